The highest BCUT2D eigenvalue weighted by Gasteiger charge is 2.10. The Labute approximate surface area is 89.7 Å². The van der Waals surface area contributed by atoms with E-state index >= 15 is 0 Å². The van der Waals surface area contributed by atoms with Gasteiger partial charge in [-0.3, -0.25) is 9.79 Å². The fourth-order valence-corrected chi connectivity index (χ4v) is 1.10. The van der Waals surface area contributed by atoms with Crippen LogP contribution in [0.3, 0.4) is 0 Å². The highest BCUT2D eigenvalue weighted by molar-refractivity contribution is 6.28. The summed E-state index contributed by atoms with van der Waals surface area (Å²) < 4.78 is 0. The Kier molecular flexibility index (Phi) is 7.42. The van der Waals surface area contributed by atoms with Crippen molar-refractivity contribution in [2.45, 2.75) is 32.2 Å². The third kappa shape index (κ3) is 5.94. The van der Waals surface area contributed by atoms with Crippen LogP contribution in [0.4, 0.5) is 0 Å². The molecule has 0 rings (SSSR count). The molecule has 82 valence electrons. The maximum atomic E-state index is 11.0. The average Bonchev–Trinajstić information content (AvgIpc) is 2.22. The maximum absolute atomic E-state index is 11.0. The molecule has 0 unspecified atom stereocenters. The summed E-state index contributed by atoms with van der Waals surface area (Å²) in [5, 5.41) is 0. The smallest absolute Gasteiger partial charge is 0.164 e. The lowest BCUT2D eigenvalue weighted by Crippen LogP contribution is -2.31. The number of rotatable bonds is 7. The van der Waals surface area contributed by atoms with Gasteiger partial charge >= 0.3 is 0 Å². The molecule has 0 aliphatic carbocycles. The van der Waals surface area contributed by atoms with Crippen LogP contribution in [0, 0.1) is 0 Å². The molecule has 0 aromatic carbocycles. The minimum Gasteiger partial charge on any atom is -0.387 e. The Bertz CT molecular complexity index is 206. The van der Waals surface area contributed by atoms with E-state index in [0.29, 0.717) is 18.8 Å². The third-order valence-electron chi connectivity index (χ3n) is 1.90. The predicted molar refractivity (Wildman–Crippen MR) is 59.7 cm³/mol. The topological polar surface area (TPSA) is 81.5 Å². The molecule has 0 fully saturated rings. The van der Waals surface area contributed by atoms with Crippen molar-refractivity contribution in [3.8, 4) is 0 Å². The van der Waals surface area contributed by atoms with Crippen molar-refractivity contribution in [2.75, 3.05) is 12.4 Å². The van der Waals surface area contributed by atoms with Gasteiger partial charge in [-0.2, -0.15) is 0 Å². The average molecular weight is 220 g/mol. The van der Waals surface area contributed by atoms with Gasteiger partial charge in [-0.15, -0.1) is 11.6 Å². The summed E-state index contributed by atoms with van der Waals surface area (Å²) in [4.78, 5) is 15.1. The largest absolute Gasteiger partial charge is 0.387 e. The molecule has 1 atom stereocenters. The van der Waals surface area contributed by atoms with Crippen LogP contribution in [-0.2, 0) is 4.79 Å². The van der Waals surface area contributed by atoms with Gasteiger partial charge in [0.2, 0.25) is 0 Å². The summed E-state index contributed by atoms with van der Waals surface area (Å²) in [5.74, 6) is 0.517. The molecule has 0 aliphatic rings. The van der Waals surface area contributed by atoms with Crippen molar-refractivity contribution in [3.05, 3.63) is 0 Å². The van der Waals surface area contributed by atoms with Gasteiger partial charge in [-0.1, -0.05) is 6.92 Å². The van der Waals surface area contributed by atoms with E-state index in [2.05, 4.69) is 4.99 Å². The third-order valence-corrected chi connectivity index (χ3v) is 2.16. The van der Waals surface area contributed by atoms with Crippen molar-refractivity contribution in [2.24, 2.45) is 16.5 Å². The molecule has 0 heterocycles. The van der Waals surface area contributed by atoms with Crippen molar-refractivity contribution in [3.63, 3.8) is 0 Å². The molecule has 0 saturated heterocycles. The summed E-state index contributed by atoms with van der Waals surface area (Å²) in [6.07, 6.45) is 2.14. The van der Waals surface area contributed by atoms with Crippen LogP contribution in [0.2, 0.25) is 0 Å². The molecule has 4 N–H and O–H groups in total. The van der Waals surface area contributed by atoms with Crippen LogP contribution >= 0.6 is 11.6 Å². The van der Waals surface area contributed by atoms with E-state index < -0.39 is 6.04 Å². The zero-order valence-electron chi connectivity index (χ0n) is 8.50. The Morgan fingerprint density at radius 2 is 2.21 bits per heavy atom. The number of Topliss-reactive ketones (excluding diaryl/α,β-unsaturated/α-hetero) is 1. The van der Waals surface area contributed by atoms with Gasteiger partial charge in [-0.05, 0) is 12.8 Å². The number of halogens is 1. The molecule has 14 heavy (non-hydrogen) atoms. The van der Waals surface area contributed by atoms with Crippen LogP contribution in [0.25, 0.3) is 0 Å². The number of hydrogen-bond acceptors (Lipinski definition) is 3. The van der Waals surface area contributed by atoms with Gasteiger partial charge in [0.05, 0.1) is 17.8 Å². The Hall–Kier alpha value is -0.610. The summed E-state index contributed by atoms with van der Waals surface area (Å²) in [7, 11) is 0. The van der Waals surface area contributed by atoms with Crippen molar-refractivity contribution >= 4 is 23.2 Å². The number of nitrogens with two attached hydrogens (primary N) is 2. The molecule has 0 aliphatic heterocycles. The number of alkyl halides is 1. The molecule has 4 nitrogen and oxygen atoms in total. The number of nitrogens with zero attached hydrogens (tertiary/aromatic N) is 1. The lowest BCUT2D eigenvalue weighted by Gasteiger charge is -2.06. The lowest BCUT2D eigenvalue weighted by atomic mass is 10.1. The number of carbonyl (C=O) groups is 1. The van der Waals surface area contributed by atoms with Crippen LogP contribution in [0.15, 0.2) is 4.99 Å². The van der Waals surface area contributed by atoms with Crippen molar-refractivity contribution in [1.82, 2.24) is 0 Å². The van der Waals surface area contributed by atoms with E-state index in [1.807, 2.05) is 6.92 Å². The van der Waals surface area contributed by atoms with E-state index in [0.717, 1.165) is 12.8 Å². The van der Waals surface area contributed by atoms with Crippen LogP contribution in [0.1, 0.15) is 26.2 Å². The monoisotopic (exact) mass is 219 g/mol. The standard InChI is InChI=1S/C9H18ClN3O/c1-2-9(12)13-5-3-4-7(11)8(14)6-10/h7H,2-6,11H2,1H3,(H2,12,13)/t7-/m0/s1. The van der Waals surface area contributed by atoms with Gasteiger partial charge in [0.15, 0.2) is 5.78 Å². The molecule has 5 heteroatoms. The van der Waals surface area contributed by atoms with Crippen LogP contribution in [0.5, 0.6) is 0 Å². The van der Waals surface area contributed by atoms with Gasteiger partial charge in [0.25, 0.3) is 0 Å². The zero-order valence-corrected chi connectivity index (χ0v) is 9.26. The zero-order chi connectivity index (χ0) is 11.0. The molecule has 0 saturated carbocycles. The highest BCUT2D eigenvalue weighted by atomic mass is 35.5. The first-order chi connectivity index (χ1) is 6.61. The fourth-order valence-electron chi connectivity index (χ4n) is 0.906. The van der Waals surface area contributed by atoms with E-state index in [1.165, 1.54) is 0 Å². The molecule has 0 amide bonds. The highest BCUT2D eigenvalue weighted by Crippen LogP contribution is 1.98. The maximum Gasteiger partial charge on any atom is 0.164 e. The predicted octanol–water partition coefficient (Wildman–Crippen LogP) is 0.669. The Balaban J connectivity index is 3.59. The molecule has 0 aromatic heterocycles. The fraction of sp³-hybridized carbons (Fsp3) is 0.778. The van der Waals surface area contributed by atoms with E-state index in [-0.39, 0.29) is 11.7 Å². The first-order valence-corrected chi connectivity index (χ1v) is 5.28. The van der Waals surface area contributed by atoms with E-state index in [1.54, 1.807) is 0 Å². The molecular formula is C9H18ClN3O. The number of amidine groups is 1. The molecule has 0 spiro atoms. The first kappa shape index (κ1) is 13.4. The molecular weight excluding hydrogens is 202 g/mol. The van der Waals surface area contributed by atoms with Crippen LogP contribution < -0.4 is 11.5 Å². The van der Waals surface area contributed by atoms with Gasteiger partial charge < -0.3 is 11.5 Å². The quantitative estimate of drug-likeness (QED) is 0.286. The van der Waals surface area contributed by atoms with Gasteiger partial charge in [0, 0.05) is 13.0 Å². The van der Waals surface area contributed by atoms with Gasteiger partial charge in [0.1, 0.15) is 0 Å². The van der Waals surface area contributed by atoms with E-state index in [4.69, 9.17) is 23.1 Å². The van der Waals surface area contributed by atoms with Crippen molar-refractivity contribution < 1.29 is 4.79 Å². The Morgan fingerprint density at radius 1 is 1.57 bits per heavy atom. The second-order valence-corrected chi connectivity index (χ2v) is 3.34. The minimum absolute atomic E-state index is 0.0124. The second kappa shape index (κ2) is 7.76. The van der Waals surface area contributed by atoms with Gasteiger partial charge in [-0.25, -0.2) is 0 Å². The SMILES string of the molecule is CCC(N)=NCCC[C@H](N)C(=O)CCl. The van der Waals surface area contributed by atoms with Crippen molar-refractivity contribution in [1.29, 1.82) is 0 Å². The number of carbonyl (C=O) groups excluding carboxylic acids is 1. The lowest BCUT2D eigenvalue weighted by molar-refractivity contribution is -0.118. The number of aliphatic imine (C=N–C) groups is 1. The summed E-state index contributed by atoms with van der Waals surface area (Å²) in [5.41, 5.74) is 11.1. The van der Waals surface area contributed by atoms with E-state index in [9.17, 15) is 4.79 Å². The summed E-state index contributed by atoms with van der Waals surface area (Å²) in [6, 6.07) is -0.453. The van der Waals surface area contributed by atoms with Crippen LogP contribution in [-0.4, -0.2) is 30.1 Å². The first-order valence-electron chi connectivity index (χ1n) is 4.74. The summed E-state index contributed by atoms with van der Waals surface area (Å²) >= 11 is 5.36. The Morgan fingerprint density at radius 3 is 2.71 bits per heavy atom. The number of ketones is 1. The second-order valence-electron chi connectivity index (χ2n) is 3.08. The molecule has 0 bridgehead atoms. The summed E-state index contributed by atoms with van der Waals surface area (Å²) in [6.45, 7) is 2.57. The molecule has 0 radical (unpaired) electrons. The normalized spacial score (nSPS) is 14.1. The minimum atomic E-state index is -0.453. The number of hydrogen-bond donors (Lipinski definition) is 2. The molecule has 0 aromatic rings.